The van der Waals surface area contributed by atoms with E-state index in [9.17, 15) is 0 Å². The summed E-state index contributed by atoms with van der Waals surface area (Å²) in [6.07, 6.45) is 8.24. The predicted octanol–water partition coefficient (Wildman–Crippen LogP) is 4.51. The van der Waals surface area contributed by atoms with Gasteiger partial charge in [-0.1, -0.05) is 32.6 Å². The van der Waals surface area contributed by atoms with Crippen LogP contribution < -0.4 is 10.2 Å². The fraction of sp³-hybridized carbons (Fsp3) is 0.421. The molecule has 1 aromatic heterocycles. The molecule has 1 N–H and O–H groups in total. The Kier molecular flexibility index (Phi) is 7.51. The molecule has 0 bridgehead atoms. The normalized spacial score (nSPS) is 10.8. The summed E-state index contributed by atoms with van der Waals surface area (Å²) in [7, 11) is 1.62. The molecule has 1 aromatic carbocycles. The molecule has 0 amide bonds. The molecule has 0 aliphatic rings. The third kappa shape index (κ3) is 5.96. The number of unbranched alkanes of at least 4 members (excludes halogenated alkanes) is 4. The SMILES string of the molecule is CCCCCCCc1nc(C#N)c(NN=Cc2ccc(OC)cc2)o1. The molecule has 0 radical (unpaired) electrons. The summed E-state index contributed by atoms with van der Waals surface area (Å²) in [5.41, 5.74) is 3.90. The number of methoxy groups -OCH3 is 1. The topological polar surface area (TPSA) is 83.4 Å². The molecule has 0 atom stereocenters. The lowest BCUT2D eigenvalue weighted by atomic mass is 10.1. The Morgan fingerprint density at radius 2 is 2.00 bits per heavy atom. The number of rotatable bonds is 10. The Morgan fingerprint density at radius 1 is 1.24 bits per heavy atom. The molecule has 25 heavy (non-hydrogen) atoms. The summed E-state index contributed by atoms with van der Waals surface area (Å²) in [4.78, 5) is 4.21. The van der Waals surface area contributed by atoms with Crippen molar-refractivity contribution in [2.45, 2.75) is 45.4 Å². The van der Waals surface area contributed by atoms with E-state index in [1.807, 2.05) is 30.3 Å². The van der Waals surface area contributed by atoms with Crippen LogP contribution in [0.4, 0.5) is 5.88 Å². The van der Waals surface area contributed by atoms with E-state index < -0.39 is 0 Å². The van der Waals surface area contributed by atoms with Crippen LogP contribution >= 0.6 is 0 Å². The van der Waals surface area contributed by atoms with Gasteiger partial charge in [-0.25, -0.2) is 10.4 Å². The van der Waals surface area contributed by atoms with Crippen LogP contribution in [0.5, 0.6) is 5.75 Å². The van der Waals surface area contributed by atoms with Gasteiger partial charge in [-0.2, -0.15) is 10.4 Å². The Bertz CT molecular complexity index is 714. The highest BCUT2D eigenvalue weighted by molar-refractivity contribution is 5.80. The van der Waals surface area contributed by atoms with Gasteiger partial charge >= 0.3 is 0 Å². The van der Waals surface area contributed by atoms with E-state index in [1.165, 1.54) is 19.3 Å². The van der Waals surface area contributed by atoms with Crippen LogP contribution in [0.3, 0.4) is 0 Å². The van der Waals surface area contributed by atoms with Gasteiger partial charge in [0.25, 0.3) is 5.88 Å². The number of hydrogen-bond donors (Lipinski definition) is 1. The lowest BCUT2D eigenvalue weighted by molar-refractivity contribution is 0.415. The van der Waals surface area contributed by atoms with Crippen LogP contribution in [0.2, 0.25) is 0 Å². The molecule has 132 valence electrons. The quantitative estimate of drug-likeness (QED) is 0.391. The zero-order valence-corrected chi connectivity index (χ0v) is 14.8. The average Bonchev–Trinajstić information content (AvgIpc) is 3.04. The summed E-state index contributed by atoms with van der Waals surface area (Å²) in [5.74, 6) is 1.65. The zero-order valence-electron chi connectivity index (χ0n) is 14.8. The number of ether oxygens (including phenoxy) is 1. The monoisotopic (exact) mass is 340 g/mol. The number of benzene rings is 1. The molecule has 2 aromatic rings. The fourth-order valence-corrected chi connectivity index (χ4v) is 2.36. The minimum Gasteiger partial charge on any atom is -0.497 e. The van der Waals surface area contributed by atoms with Crippen LogP contribution in [0.1, 0.15) is 56.2 Å². The highest BCUT2D eigenvalue weighted by atomic mass is 16.5. The first-order valence-corrected chi connectivity index (χ1v) is 8.59. The first kappa shape index (κ1) is 18.5. The van der Waals surface area contributed by atoms with E-state index in [0.717, 1.165) is 30.6 Å². The highest BCUT2D eigenvalue weighted by Gasteiger charge is 2.12. The second-order valence-electron chi connectivity index (χ2n) is 5.70. The number of nitriles is 1. The van der Waals surface area contributed by atoms with Gasteiger partial charge in [0.2, 0.25) is 5.69 Å². The van der Waals surface area contributed by atoms with Gasteiger partial charge in [-0.05, 0) is 36.2 Å². The van der Waals surface area contributed by atoms with Crippen LogP contribution in [-0.2, 0) is 6.42 Å². The van der Waals surface area contributed by atoms with Crippen molar-refractivity contribution in [2.24, 2.45) is 5.10 Å². The van der Waals surface area contributed by atoms with E-state index in [1.54, 1.807) is 13.3 Å². The largest absolute Gasteiger partial charge is 0.497 e. The Hall–Kier alpha value is -2.81. The Balaban J connectivity index is 1.89. The maximum absolute atomic E-state index is 9.17. The summed E-state index contributed by atoms with van der Waals surface area (Å²) in [5, 5.41) is 13.3. The van der Waals surface area contributed by atoms with Crippen LogP contribution in [0.15, 0.2) is 33.8 Å². The van der Waals surface area contributed by atoms with E-state index in [2.05, 4.69) is 22.4 Å². The lowest BCUT2D eigenvalue weighted by Gasteiger charge is -1.99. The summed E-state index contributed by atoms with van der Waals surface area (Å²) in [6, 6.07) is 9.51. The lowest BCUT2D eigenvalue weighted by Crippen LogP contribution is -1.91. The molecule has 0 unspecified atom stereocenters. The van der Waals surface area contributed by atoms with Crippen LogP contribution in [-0.4, -0.2) is 18.3 Å². The summed E-state index contributed by atoms with van der Waals surface area (Å²) < 4.78 is 10.7. The first-order chi connectivity index (χ1) is 12.3. The van der Waals surface area contributed by atoms with Gasteiger partial charge in [0.05, 0.1) is 13.3 Å². The smallest absolute Gasteiger partial charge is 0.252 e. The van der Waals surface area contributed by atoms with Gasteiger partial charge < -0.3 is 9.15 Å². The van der Waals surface area contributed by atoms with Gasteiger partial charge in [-0.3, -0.25) is 0 Å². The van der Waals surface area contributed by atoms with E-state index >= 15 is 0 Å². The number of hydrogen-bond acceptors (Lipinski definition) is 6. The molecule has 0 fully saturated rings. The number of aryl methyl sites for hydroxylation is 1. The fourth-order valence-electron chi connectivity index (χ4n) is 2.36. The minimum absolute atomic E-state index is 0.232. The standard InChI is InChI=1S/C19H24N4O2/c1-3-4-5-6-7-8-18-22-17(13-20)19(25-18)23-21-14-15-9-11-16(24-2)12-10-15/h9-12,14,23H,3-8H2,1-2H3. The number of oxazole rings is 1. The summed E-state index contributed by atoms with van der Waals surface area (Å²) >= 11 is 0. The Morgan fingerprint density at radius 3 is 2.68 bits per heavy atom. The predicted molar refractivity (Wildman–Crippen MR) is 97.9 cm³/mol. The number of nitrogens with zero attached hydrogens (tertiary/aromatic N) is 3. The van der Waals surface area contributed by atoms with Crippen LogP contribution in [0.25, 0.3) is 0 Å². The van der Waals surface area contributed by atoms with Gasteiger partial charge in [0.1, 0.15) is 11.8 Å². The van der Waals surface area contributed by atoms with Crippen molar-refractivity contribution < 1.29 is 9.15 Å². The maximum Gasteiger partial charge on any atom is 0.252 e. The Labute approximate surface area is 148 Å². The van der Waals surface area contributed by atoms with Gasteiger partial charge in [0, 0.05) is 6.42 Å². The van der Waals surface area contributed by atoms with Crippen LogP contribution in [0, 0.1) is 11.3 Å². The van der Waals surface area contributed by atoms with Crippen molar-refractivity contribution in [3.63, 3.8) is 0 Å². The molecule has 2 rings (SSSR count). The first-order valence-electron chi connectivity index (χ1n) is 8.59. The molecule has 0 saturated carbocycles. The molecule has 0 aliphatic heterocycles. The molecule has 1 heterocycles. The highest BCUT2D eigenvalue weighted by Crippen LogP contribution is 2.18. The molecular formula is C19H24N4O2. The van der Waals surface area contributed by atoms with Crippen molar-refractivity contribution in [3.8, 4) is 11.8 Å². The van der Waals surface area contributed by atoms with E-state index in [-0.39, 0.29) is 11.6 Å². The second-order valence-corrected chi connectivity index (χ2v) is 5.70. The number of nitrogens with one attached hydrogen (secondary N) is 1. The zero-order chi connectivity index (χ0) is 17.9. The van der Waals surface area contributed by atoms with E-state index in [0.29, 0.717) is 5.89 Å². The second kappa shape index (κ2) is 10.1. The van der Waals surface area contributed by atoms with Crippen molar-refractivity contribution in [2.75, 3.05) is 12.5 Å². The minimum atomic E-state index is 0.232. The van der Waals surface area contributed by atoms with Crippen molar-refractivity contribution in [1.29, 1.82) is 5.26 Å². The molecule has 6 nitrogen and oxygen atoms in total. The molecule has 0 aliphatic carbocycles. The number of aromatic nitrogens is 1. The third-order valence-corrected chi connectivity index (χ3v) is 3.77. The maximum atomic E-state index is 9.17. The van der Waals surface area contributed by atoms with Crippen molar-refractivity contribution in [3.05, 3.63) is 41.4 Å². The third-order valence-electron chi connectivity index (χ3n) is 3.77. The average molecular weight is 340 g/mol. The molecule has 0 spiro atoms. The van der Waals surface area contributed by atoms with Crippen molar-refractivity contribution in [1.82, 2.24) is 4.98 Å². The molecular weight excluding hydrogens is 316 g/mol. The molecule has 0 saturated heterocycles. The van der Waals surface area contributed by atoms with Gasteiger partial charge in [-0.15, -0.1) is 0 Å². The van der Waals surface area contributed by atoms with Gasteiger partial charge in [0.15, 0.2) is 5.89 Å². The number of hydrazone groups is 1. The summed E-state index contributed by atoms with van der Waals surface area (Å²) in [6.45, 7) is 2.19. The molecule has 6 heteroatoms. The van der Waals surface area contributed by atoms with Crippen molar-refractivity contribution >= 4 is 12.1 Å². The number of anilines is 1. The van der Waals surface area contributed by atoms with E-state index in [4.69, 9.17) is 14.4 Å².